The lowest BCUT2D eigenvalue weighted by Gasteiger charge is -2.42. The minimum atomic E-state index is -0.425. The molecule has 0 N–H and O–H groups in total. The molecule has 2 fully saturated rings. The van der Waals surface area contributed by atoms with Gasteiger partial charge in [0, 0.05) is 0 Å². The molecule has 2 aromatic rings. The Balaban J connectivity index is 1.54. The first-order valence-electron chi connectivity index (χ1n) is 10.6. The number of rotatable bonds is 3. The fraction of sp³-hybridized carbons (Fsp3) is 0.520. The average molecular weight is 369 g/mol. The van der Waals surface area contributed by atoms with Gasteiger partial charge in [-0.15, -0.1) is 0 Å². The minimum Gasteiger partial charge on any atom is -0.206 e. The first kappa shape index (κ1) is 18.7. The van der Waals surface area contributed by atoms with E-state index >= 15 is 0 Å². The van der Waals surface area contributed by atoms with E-state index in [0.29, 0.717) is 11.5 Å². The summed E-state index contributed by atoms with van der Waals surface area (Å²) < 4.78 is 29.7. The molecule has 2 aliphatic carbocycles. The Kier molecular flexibility index (Phi) is 5.34. The molecule has 4 rings (SSSR count). The molecule has 0 radical (unpaired) electrons. The van der Waals surface area contributed by atoms with Crippen molar-refractivity contribution in [1.82, 2.24) is 0 Å². The highest BCUT2D eigenvalue weighted by Gasteiger charge is 2.35. The van der Waals surface area contributed by atoms with Gasteiger partial charge in [0.15, 0.2) is 0 Å². The summed E-state index contributed by atoms with van der Waals surface area (Å²) in [4.78, 5) is 0. The molecular weight excluding hydrogens is 338 g/mol. The van der Waals surface area contributed by atoms with Gasteiger partial charge in [-0.1, -0.05) is 49.6 Å². The third-order valence-electron chi connectivity index (χ3n) is 7.18. The molecule has 1 unspecified atom stereocenters. The molecular formula is C25H30F2. The average Bonchev–Trinajstić information content (AvgIpc) is 2.68. The summed E-state index contributed by atoms with van der Waals surface area (Å²) in [5.74, 6) is 1.93. The van der Waals surface area contributed by atoms with Crippen LogP contribution in [0.4, 0.5) is 8.78 Å². The Morgan fingerprint density at radius 3 is 2.15 bits per heavy atom. The molecule has 0 saturated heterocycles. The molecule has 4 atom stereocenters. The fourth-order valence-corrected chi connectivity index (χ4v) is 5.48. The lowest BCUT2D eigenvalue weighted by molar-refractivity contribution is 0.116. The van der Waals surface area contributed by atoms with Gasteiger partial charge in [-0.25, -0.2) is 8.78 Å². The van der Waals surface area contributed by atoms with Crippen molar-refractivity contribution < 1.29 is 8.78 Å². The molecule has 0 aromatic heterocycles. The first-order chi connectivity index (χ1) is 13.0. The zero-order valence-corrected chi connectivity index (χ0v) is 16.5. The van der Waals surface area contributed by atoms with Crippen LogP contribution in [0.5, 0.6) is 0 Å². The van der Waals surface area contributed by atoms with Gasteiger partial charge in [0.1, 0.15) is 11.6 Å². The normalized spacial score (nSPS) is 28.0. The van der Waals surface area contributed by atoms with Crippen molar-refractivity contribution in [2.24, 2.45) is 17.8 Å². The largest absolute Gasteiger partial charge is 0.206 e. The molecule has 0 nitrogen and oxygen atoms in total. The maximum atomic E-state index is 14.8. The quantitative estimate of drug-likeness (QED) is 0.522. The summed E-state index contributed by atoms with van der Waals surface area (Å²) in [5.41, 5.74) is 2.67. The second-order valence-electron chi connectivity index (χ2n) is 8.84. The lowest BCUT2D eigenvalue weighted by Crippen LogP contribution is -2.30. The SMILES string of the molecule is CCC1CC[C@@H]2C[C@H](c3cc(F)c(-c4ccc(C)cc4)c(F)c3)CC[C@@H]2C1. The van der Waals surface area contributed by atoms with Crippen LogP contribution in [-0.4, -0.2) is 0 Å². The number of hydrogen-bond donors (Lipinski definition) is 0. The number of halogens is 2. The van der Waals surface area contributed by atoms with Gasteiger partial charge in [-0.3, -0.25) is 0 Å². The zero-order valence-electron chi connectivity index (χ0n) is 16.5. The van der Waals surface area contributed by atoms with Gasteiger partial charge in [0.2, 0.25) is 0 Å². The molecule has 0 aliphatic heterocycles. The van der Waals surface area contributed by atoms with Crippen LogP contribution < -0.4 is 0 Å². The van der Waals surface area contributed by atoms with Gasteiger partial charge in [-0.05, 0) is 86.0 Å². The Bertz CT molecular complexity index is 769. The van der Waals surface area contributed by atoms with E-state index in [-0.39, 0.29) is 5.56 Å². The van der Waals surface area contributed by atoms with Crippen molar-refractivity contribution in [3.05, 3.63) is 59.2 Å². The summed E-state index contributed by atoms with van der Waals surface area (Å²) in [6.45, 7) is 4.28. The van der Waals surface area contributed by atoms with Gasteiger partial charge < -0.3 is 0 Å². The Morgan fingerprint density at radius 2 is 1.48 bits per heavy atom. The summed E-state index contributed by atoms with van der Waals surface area (Å²) in [6, 6.07) is 10.6. The number of hydrogen-bond acceptors (Lipinski definition) is 0. The zero-order chi connectivity index (χ0) is 19.0. The first-order valence-corrected chi connectivity index (χ1v) is 10.6. The molecule has 27 heavy (non-hydrogen) atoms. The van der Waals surface area contributed by atoms with Gasteiger partial charge in [0.05, 0.1) is 5.56 Å². The van der Waals surface area contributed by atoms with Crippen molar-refractivity contribution in [2.75, 3.05) is 0 Å². The van der Waals surface area contributed by atoms with Crippen LogP contribution >= 0.6 is 0 Å². The summed E-state index contributed by atoms with van der Waals surface area (Å²) in [6.07, 6.45) is 8.68. The maximum absolute atomic E-state index is 14.8. The fourth-order valence-electron chi connectivity index (χ4n) is 5.48. The van der Waals surface area contributed by atoms with E-state index < -0.39 is 11.6 Å². The predicted molar refractivity (Wildman–Crippen MR) is 108 cm³/mol. The van der Waals surface area contributed by atoms with Crippen LogP contribution in [0.1, 0.15) is 68.9 Å². The van der Waals surface area contributed by atoms with Crippen molar-refractivity contribution in [2.45, 2.75) is 64.7 Å². The molecule has 2 aliphatic rings. The van der Waals surface area contributed by atoms with Crippen LogP contribution in [0.15, 0.2) is 36.4 Å². The van der Waals surface area contributed by atoms with E-state index in [1.807, 2.05) is 19.1 Å². The van der Waals surface area contributed by atoms with E-state index in [2.05, 4.69) is 6.92 Å². The monoisotopic (exact) mass is 368 g/mol. The van der Waals surface area contributed by atoms with Crippen LogP contribution in [0.2, 0.25) is 0 Å². The Morgan fingerprint density at radius 1 is 0.852 bits per heavy atom. The van der Waals surface area contributed by atoms with Crippen LogP contribution in [0.3, 0.4) is 0 Å². The van der Waals surface area contributed by atoms with Crippen LogP contribution in [0.25, 0.3) is 11.1 Å². The van der Waals surface area contributed by atoms with Gasteiger partial charge >= 0.3 is 0 Å². The Hall–Kier alpha value is -1.70. The molecule has 2 heteroatoms. The molecule has 0 bridgehead atoms. The highest BCUT2D eigenvalue weighted by Crippen LogP contribution is 2.48. The smallest absolute Gasteiger partial charge is 0.134 e. The van der Waals surface area contributed by atoms with E-state index in [1.54, 1.807) is 24.3 Å². The topological polar surface area (TPSA) is 0 Å². The lowest BCUT2D eigenvalue weighted by atomic mass is 9.63. The third kappa shape index (κ3) is 3.81. The second kappa shape index (κ2) is 7.73. The van der Waals surface area contributed by atoms with Crippen molar-refractivity contribution in [1.29, 1.82) is 0 Å². The van der Waals surface area contributed by atoms with E-state index in [9.17, 15) is 8.78 Å². The minimum absolute atomic E-state index is 0.107. The van der Waals surface area contributed by atoms with Crippen molar-refractivity contribution in [3.63, 3.8) is 0 Å². The third-order valence-corrected chi connectivity index (χ3v) is 7.18. The standard InChI is InChI=1S/C25H30F2/c1-3-17-6-9-20-13-21(11-10-19(20)12-17)22-14-23(26)25(24(27)15-22)18-7-4-16(2)5-8-18/h4-5,7-8,14-15,17,19-21H,3,6,9-13H2,1-2H3/t17?,19-,20-,21-/m1/s1. The predicted octanol–water partition coefficient (Wildman–Crippen LogP) is 7.65. The summed E-state index contributed by atoms with van der Waals surface area (Å²) in [5, 5.41) is 0. The van der Waals surface area contributed by atoms with Crippen LogP contribution in [0, 0.1) is 36.3 Å². The van der Waals surface area contributed by atoms with Gasteiger partial charge in [0.25, 0.3) is 0 Å². The molecule has 0 spiro atoms. The van der Waals surface area contributed by atoms with Crippen molar-refractivity contribution in [3.8, 4) is 11.1 Å². The van der Waals surface area contributed by atoms with Crippen LogP contribution in [-0.2, 0) is 0 Å². The molecule has 144 valence electrons. The van der Waals surface area contributed by atoms with E-state index in [0.717, 1.165) is 41.7 Å². The van der Waals surface area contributed by atoms with Gasteiger partial charge in [-0.2, -0.15) is 0 Å². The van der Waals surface area contributed by atoms with E-state index in [4.69, 9.17) is 0 Å². The number of aryl methyl sites for hydroxylation is 1. The highest BCUT2D eigenvalue weighted by atomic mass is 19.1. The molecule has 0 amide bonds. The van der Waals surface area contributed by atoms with E-state index in [1.165, 1.54) is 32.1 Å². The number of benzene rings is 2. The molecule has 0 heterocycles. The molecule has 2 aromatic carbocycles. The second-order valence-corrected chi connectivity index (χ2v) is 8.84. The maximum Gasteiger partial charge on any atom is 0.134 e. The van der Waals surface area contributed by atoms with Crippen molar-refractivity contribution >= 4 is 0 Å². The number of fused-ring (bicyclic) bond motifs is 1. The molecule has 2 saturated carbocycles. The highest BCUT2D eigenvalue weighted by molar-refractivity contribution is 5.65. The Labute approximate surface area is 162 Å². The summed E-state index contributed by atoms with van der Waals surface area (Å²) in [7, 11) is 0. The summed E-state index contributed by atoms with van der Waals surface area (Å²) >= 11 is 0.